The van der Waals surface area contributed by atoms with Gasteiger partial charge in [-0.1, -0.05) is 54.6 Å². The van der Waals surface area contributed by atoms with E-state index in [2.05, 4.69) is 0 Å². The van der Waals surface area contributed by atoms with Gasteiger partial charge in [0.1, 0.15) is 0 Å². The second-order valence-electron chi connectivity index (χ2n) is 6.57. The maximum absolute atomic E-state index is 11.4. The number of carboxylic acid groups (broad SMARTS) is 3. The van der Waals surface area contributed by atoms with Crippen molar-refractivity contribution in [3.05, 3.63) is 60.2 Å². The molecule has 2 aromatic carbocycles. The van der Waals surface area contributed by atoms with Gasteiger partial charge in [0.15, 0.2) is 5.60 Å². The summed E-state index contributed by atoms with van der Waals surface area (Å²) in [6.07, 6.45) is -2.29. The largest absolute Gasteiger partial charge is 0.481 e. The van der Waals surface area contributed by atoms with Gasteiger partial charge in [0, 0.05) is 0 Å². The Bertz CT molecular complexity index is 911. The Balaban J connectivity index is 0.000000330. The molecule has 0 radical (unpaired) electrons. The summed E-state index contributed by atoms with van der Waals surface area (Å²) in [6.45, 7) is -0.279. The zero-order valence-corrected chi connectivity index (χ0v) is 16.3. The van der Waals surface area contributed by atoms with Gasteiger partial charge >= 0.3 is 17.9 Å². The first-order valence-corrected chi connectivity index (χ1v) is 8.95. The zero-order chi connectivity index (χ0) is 23.6. The third-order valence-electron chi connectivity index (χ3n) is 4.23. The van der Waals surface area contributed by atoms with Gasteiger partial charge in [0.2, 0.25) is 5.91 Å². The Hall–Kier alpha value is -3.76. The Morgan fingerprint density at radius 2 is 1.32 bits per heavy atom. The number of rotatable bonds is 9. The van der Waals surface area contributed by atoms with Crippen LogP contribution < -0.4 is 5.73 Å². The fourth-order valence-corrected chi connectivity index (χ4v) is 2.74. The van der Waals surface area contributed by atoms with Crippen molar-refractivity contribution >= 4 is 23.8 Å². The molecule has 1 amide bonds. The third kappa shape index (κ3) is 7.53. The summed E-state index contributed by atoms with van der Waals surface area (Å²) in [6, 6.07) is 17.2. The van der Waals surface area contributed by atoms with Crippen molar-refractivity contribution in [1.82, 2.24) is 0 Å². The van der Waals surface area contributed by atoms with E-state index in [1.165, 1.54) is 0 Å². The van der Waals surface area contributed by atoms with Gasteiger partial charge in [-0.3, -0.25) is 14.4 Å². The molecule has 166 valence electrons. The predicted molar refractivity (Wildman–Crippen MR) is 108 cm³/mol. The minimum atomic E-state index is -2.74. The van der Waals surface area contributed by atoms with E-state index in [0.29, 0.717) is 0 Å². The lowest BCUT2D eigenvalue weighted by atomic mass is 9.90. The molecule has 0 aromatic heterocycles. The van der Waals surface area contributed by atoms with Gasteiger partial charge in [-0.05, 0) is 16.7 Å². The zero-order valence-electron chi connectivity index (χ0n) is 16.3. The smallest absolute Gasteiger partial charge is 0.336 e. The van der Waals surface area contributed by atoms with E-state index in [-0.39, 0.29) is 6.61 Å². The molecule has 1 atom stereocenters. The summed E-state index contributed by atoms with van der Waals surface area (Å²) < 4.78 is 0. The van der Waals surface area contributed by atoms with E-state index in [1.54, 1.807) is 0 Å². The Kier molecular flexibility index (Phi) is 9.32. The molecule has 2 aromatic rings. The van der Waals surface area contributed by atoms with Gasteiger partial charge in [-0.2, -0.15) is 0 Å². The highest BCUT2D eigenvalue weighted by Crippen LogP contribution is 2.29. The van der Waals surface area contributed by atoms with Gasteiger partial charge in [-0.15, -0.1) is 0 Å². The van der Waals surface area contributed by atoms with Crippen molar-refractivity contribution in [1.29, 1.82) is 0 Å². The van der Waals surface area contributed by atoms with Gasteiger partial charge in [0.25, 0.3) is 0 Å². The summed E-state index contributed by atoms with van der Waals surface area (Å²) in [5.41, 5.74) is 5.29. The third-order valence-corrected chi connectivity index (χ3v) is 4.23. The standard InChI is InChI=1S/C15H15NO2.C6H8O7/c16-15(18)14(10-17)13-9-5-4-8-12(13)11-6-2-1-3-7-11;7-3(8)1-6(13,5(11)12)2-4(9)10/h1-9,14,17H,10H2,(H2,16,18);13H,1-2H2,(H,7,8)(H,9,10)(H,11,12). The molecule has 0 spiro atoms. The molecule has 0 fully saturated rings. The highest BCUT2D eigenvalue weighted by Gasteiger charge is 2.40. The van der Waals surface area contributed by atoms with Crippen LogP contribution in [0.1, 0.15) is 24.3 Å². The number of hydrogen-bond acceptors (Lipinski definition) is 6. The van der Waals surface area contributed by atoms with Crippen LogP contribution in [0.15, 0.2) is 54.6 Å². The SMILES string of the molecule is NC(=O)C(CO)c1ccccc1-c1ccccc1.O=C(O)CC(O)(CC(=O)O)C(=O)O. The van der Waals surface area contributed by atoms with Crippen LogP contribution >= 0.6 is 0 Å². The number of nitrogens with two attached hydrogens (primary N) is 1. The van der Waals surface area contributed by atoms with Crippen molar-refractivity contribution in [2.24, 2.45) is 5.73 Å². The fraction of sp³-hybridized carbons (Fsp3) is 0.238. The first kappa shape index (κ1) is 25.3. The molecular weight excluding hydrogens is 410 g/mol. The molecule has 7 N–H and O–H groups in total. The topological polar surface area (TPSA) is 195 Å². The monoisotopic (exact) mass is 433 g/mol. The van der Waals surface area contributed by atoms with Crippen LogP contribution in [-0.4, -0.2) is 61.6 Å². The molecular formula is C21H23NO9. The Labute approximate surface area is 177 Å². The van der Waals surface area contributed by atoms with Gasteiger partial charge < -0.3 is 31.3 Å². The molecule has 0 bridgehead atoms. The average Bonchev–Trinajstić information content (AvgIpc) is 2.68. The van der Waals surface area contributed by atoms with Crippen LogP contribution in [0.2, 0.25) is 0 Å². The molecule has 1 unspecified atom stereocenters. The molecule has 0 aliphatic heterocycles. The molecule has 0 saturated carbocycles. The number of aliphatic carboxylic acids is 3. The second kappa shape index (κ2) is 11.4. The number of benzene rings is 2. The first-order valence-electron chi connectivity index (χ1n) is 8.95. The number of carbonyl (C=O) groups is 4. The summed E-state index contributed by atoms with van der Waals surface area (Å²) in [5.74, 6) is -6.20. The van der Waals surface area contributed by atoms with E-state index in [4.69, 9.17) is 26.2 Å². The van der Waals surface area contributed by atoms with E-state index >= 15 is 0 Å². The highest BCUT2D eigenvalue weighted by atomic mass is 16.4. The molecule has 31 heavy (non-hydrogen) atoms. The minimum Gasteiger partial charge on any atom is -0.481 e. The average molecular weight is 433 g/mol. The van der Waals surface area contributed by atoms with E-state index in [9.17, 15) is 24.3 Å². The van der Waals surface area contributed by atoms with Crippen molar-refractivity contribution in [3.63, 3.8) is 0 Å². The number of carboxylic acids is 3. The number of primary amides is 1. The lowest BCUT2D eigenvalue weighted by molar-refractivity contribution is -0.170. The molecule has 10 nitrogen and oxygen atoms in total. The summed E-state index contributed by atoms with van der Waals surface area (Å²) in [7, 11) is 0. The highest BCUT2D eigenvalue weighted by molar-refractivity contribution is 5.88. The number of amides is 1. The molecule has 2 rings (SSSR count). The number of aliphatic hydroxyl groups is 2. The van der Waals surface area contributed by atoms with Crippen LogP contribution in [0.25, 0.3) is 11.1 Å². The van der Waals surface area contributed by atoms with Gasteiger partial charge in [0.05, 0.1) is 25.4 Å². The number of carbonyl (C=O) groups excluding carboxylic acids is 1. The first-order chi connectivity index (χ1) is 14.5. The summed E-state index contributed by atoms with van der Waals surface area (Å²) in [5, 5.41) is 43.1. The molecule has 0 saturated heterocycles. The lowest BCUT2D eigenvalue weighted by Gasteiger charge is -2.18. The van der Waals surface area contributed by atoms with E-state index in [0.717, 1.165) is 16.7 Å². The molecule has 0 aliphatic carbocycles. The Morgan fingerprint density at radius 1 is 0.839 bits per heavy atom. The van der Waals surface area contributed by atoms with Crippen LogP contribution in [0.5, 0.6) is 0 Å². The number of hydrogen-bond donors (Lipinski definition) is 6. The van der Waals surface area contributed by atoms with Crippen LogP contribution in [0.4, 0.5) is 0 Å². The maximum atomic E-state index is 11.4. The summed E-state index contributed by atoms with van der Waals surface area (Å²) >= 11 is 0. The summed E-state index contributed by atoms with van der Waals surface area (Å²) in [4.78, 5) is 41.9. The predicted octanol–water partition coefficient (Wildman–Crippen LogP) is 0.666. The van der Waals surface area contributed by atoms with E-state index < -0.39 is 48.2 Å². The second-order valence-corrected chi connectivity index (χ2v) is 6.57. The maximum Gasteiger partial charge on any atom is 0.336 e. The molecule has 10 heteroatoms. The van der Waals surface area contributed by atoms with Crippen molar-refractivity contribution in [3.8, 4) is 11.1 Å². The minimum absolute atomic E-state index is 0.279. The quantitative estimate of drug-likeness (QED) is 0.329. The normalized spacial score (nSPS) is 11.5. The van der Waals surface area contributed by atoms with Crippen molar-refractivity contribution in [2.75, 3.05) is 6.61 Å². The van der Waals surface area contributed by atoms with Crippen molar-refractivity contribution in [2.45, 2.75) is 24.4 Å². The van der Waals surface area contributed by atoms with Gasteiger partial charge in [-0.25, -0.2) is 4.79 Å². The van der Waals surface area contributed by atoms with E-state index in [1.807, 2.05) is 54.6 Å². The van der Waals surface area contributed by atoms with Crippen LogP contribution in [-0.2, 0) is 19.2 Å². The molecule has 0 heterocycles. The lowest BCUT2D eigenvalue weighted by Crippen LogP contribution is -2.42. The van der Waals surface area contributed by atoms with Crippen LogP contribution in [0, 0.1) is 0 Å². The van der Waals surface area contributed by atoms with Crippen LogP contribution in [0.3, 0.4) is 0 Å². The number of aliphatic hydroxyl groups excluding tert-OH is 1. The molecule has 0 aliphatic rings. The fourth-order valence-electron chi connectivity index (χ4n) is 2.74. The van der Waals surface area contributed by atoms with Crippen molar-refractivity contribution < 1.29 is 44.7 Å². The Morgan fingerprint density at radius 3 is 1.74 bits per heavy atom.